The van der Waals surface area contributed by atoms with Crippen LogP contribution < -0.4 is 0 Å². The molecule has 0 aliphatic carbocycles. The van der Waals surface area contributed by atoms with Crippen LogP contribution >= 0.6 is 0 Å². The molecule has 0 radical (unpaired) electrons. The first-order valence-electron chi connectivity index (χ1n) is 7.89. The Labute approximate surface area is 144 Å². The second-order valence-corrected chi connectivity index (χ2v) is 5.84. The molecule has 25 heavy (non-hydrogen) atoms. The van der Waals surface area contributed by atoms with Gasteiger partial charge in [0.1, 0.15) is 0 Å². The van der Waals surface area contributed by atoms with Gasteiger partial charge >= 0.3 is 5.97 Å². The summed E-state index contributed by atoms with van der Waals surface area (Å²) in [5, 5.41) is 0.493. The van der Waals surface area contributed by atoms with E-state index in [0.717, 1.165) is 0 Å². The second-order valence-electron chi connectivity index (χ2n) is 5.84. The fourth-order valence-electron chi connectivity index (χ4n) is 2.56. The van der Waals surface area contributed by atoms with Crippen LogP contribution in [0.15, 0.2) is 54.6 Å². The number of hydrogen-bond acceptors (Lipinski definition) is 5. The van der Waals surface area contributed by atoms with E-state index in [1.807, 2.05) is 6.07 Å². The minimum absolute atomic E-state index is 0.210. The summed E-state index contributed by atoms with van der Waals surface area (Å²) in [7, 11) is 0. The maximum atomic E-state index is 12.6. The predicted octanol–water partition coefficient (Wildman–Crippen LogP) is 2.91. The van der Waals surface area contributed by atoms with Crippen molar-refractivity contribution in [1.82, 2.24) is 5.06 Å². The number of hydroxylamine groups is 2. The molecule has 0 spiro atoms. The van der Waals surface area contributed by atoms with Gasteiger partial charge in [-0.3, -0.25) is 9.59 Å². The third-order valence-electron chi connectivity index (χ3n) is 3.66. The first-order valence-corrected chi connectivity index (χ1v) is 7.89. The van der Waals surface area contributed by atoms with Crippen LogP contribution in [0.5, 0.6) is 0 Å². The smallest absolute Gasteiger partial charge is 0.359 e. The van der Waals surface area contributed by atoms with Gasteiger partial charge in [-0.05, 0) is 31.5 Å². The van der Waals surface area contributed by atoms with Crippen LogP contribution in [0.1, 0.15) is 46.2 Å². The molecule has 3 rings (SSSR count). The van der Waals surface area contributed by atoms with E-state index in [1.165, 1.54) is 12.1 Å². The summed E-state index contributed by atoms with van der Waals surface area (Å²) in [5.41, 5.74) is 1.00. The zero-order chi connectivity index (χ0) is 18.0. The molecule has 2 amide bonds. The van der Waals surface area contributed by atoms with Gasteiger partial charge in [0.2, 0.25) is 0 Å². The van der Waals surface area contributed by atoms with Gasteiger partial charge in [0, 0.05) is 0 Å². The van der Waals surface area contributed by atoms with Gasteiger partial charge in [0.25, 0.3) is 11.8 Å². The van der Waals surface area contributed by atoms with Crippen molar-refractivity contribution in [3.8, 4) is 0 Å². The van der Waals surface area contributed by atoms with Gasteiger partial charge in [-0.25, -0.2) is 4.79 Å². The average Bonchev–Trinajstić information content (AvgIpc) is 2.85. The molecule has 2 aromatic rings. The summed E-state index contributed by atoms with van der Waals surface area (Å²) in [5.74, 6) is -2.15. The molecule has 128 valence electrons. The highest BCUT2D eigenvalue weighted by Gasteiger charge is 2.40. The Kier molecular flexibility index (Phi) is 4.63. The molecule has 0 saturated carbocycles. The monoisotopic (exact) mass is 339 g/mol. The number of carbonyl (C=O) groups excluding carboxylic acids is 3. The molecule has 1 atom stereocenters. The van der Waals surface area contributed by atoms with Crippen molar-refractivity contribution in [3.63, 3.8) is 0 Å². The fraction of sp³-hybridized carbons (Fsp3) is 0.211. The van der Waals surface area contributed by atoms with E-state index in [2.05, 4.69) is 0 Å². The number of carbonyl (C=O) groups is 3. The normalized spacial score (nSPS) is 14.6. The Morgan fingerprint density at radius 1 is 0.880 bits per heavy atom. The number of fused-ring (bicyclic) bond motifs is 1. The Morgan fingerprint density at radius 2 is 1.40 bits per heavy atom. The largest absolute Gasteiger partial charge is 0.366 e. The van der Waals surface area contributed by atoms with Crippen molar-refractivity contribution in [2.45, 2.75) is 26.1 Å². The quantitative estimate of drug-likeness (QED) is 0.783. The van der Waals surface area contributed by atoms with E-state index >= 15 is 0 Å². The average molecular weight is 339 g/mol. The van der Waals surface area contributed by atoms with Gasteiger partial charge < -0.3 is 9.57 Å². The van der Waals surface area contributed by atoms with E-state index in [-0.39, 0.29) is 17.2 Å². The number of amides is 2. The lowest BCUT2D eigenvalue weighted by Gasteiger charge is -2.21. The predicted molar refractivity (Wildman–Crippen MR) is 88.4 cm³/mol. The topological polar surface area (TPSA) is 72.9 Å². The lowest BCUT2D eigenvalue weighted by molar-refractivity contribution is -0.185. The number of imide groups is 1. The molecular weight excluding hydrogens is 322 g/mol. The van der Waals surface area contributed by atoms with Gasteiger partial charge in [-0.2, -0.15) is 0 Å². The van der Waals surface area contributed by atoms with E-state index in [0.29, 0.717) is 10.6 Å². The molecule has 0 N–H and O–H groups in total. The van der Waals surface area contributed by atoms with Crippen molar-refractivity contribution in [2.75, 3.05) is 0 Å². The lowest BCUT2D eigenvalue weighted by atomic mass is 10.1. The summed E-state index contributed by atoms with van der Waals surface area (Å²) in [4.78, 5) is 42.3. The summed E-state index contributed by atoms with van der Waals surface area (Å²) in [6.07, 6.45) is -1.29. The first-order chi connectivity index (χ1) is 12.0. The summed E-state index contributed by atoms with van der Waals surface area (Å²) >= 11 is 0. The molecule has 1 aliphatic heterocycles. The van der Waals surface area contributed by atoms with E-state index in [4.69, 9.17) is 9.57 Å². The molecule has 0 aromatic heterocycles. The first kappa shape index (κ1) is 16.9. The van der Waals surface area contributed by atoms with Crippen molar-refractivity contribution in [1.29, 1.82) is 0 Å². The third kappa shape index (κ3) is 3.29. The summed E-state index contributed by atoms with van der Waals surface area (Å²) in [6.45, 7) is 3.57. The van der Waals surface area contributed by atoms with E-state index < -0.39 is 23.9 Å². The van der Waals surface area contributed by atoms with Crippen LogP contribution in [0.25, 0.3) is 0 Å². The van der Waals surface area contributed by atoms with Crippen LogP contribution in [-0.2, 0) is 14.4 Å². The Hall–Kier alpha value is -2.99. The Balaban J connectivity index is 1.83. The minimum Gasteiger partial charge on any atom is -0.359 e. The molecule has 0 bridgehead atoms. The Morgan fingerprint density at radius 3 is 1.92 bits per heavy atom. The lowest BCUT2D eigenvalue weighted by Crippen LogP contribution is -2.35. The zero-order valence-corrected chi connectivity index (χ0v) is 13.8. The Bertz CT molecular complexity index is 781. The number of nitrogens with zero attached hydrogens (tertiary/aromatic N) is 1. The fourth-order valence-corrected chi connectivity index (χ4v) is 2.56. The van der Waals surface area contributed by atoms with Crippen molar-refractivity contribution in [2.24, 2.45) is 0 Å². The van der Waals surface area contributed by atoms with Gasteiger partial charge in [-0.15, -0.1) is 0 Å². The van der Waals surface area contributed by atoms with Crippen molar-refractivity contribution >= 4 is 17.8 Å². The number of benzene rings is 2. The van der Waals surface area contributed by atoms with Crippen LogP contribution in [0.2, 0.25) is 0 Å². The molecule has 6 heteroatoms. The van der Waals surface area contributed by atoms with Gasteiger partial charge in [0.15, 0.2) is 6.10 Å². The van der Waals surface area contributed by atoms with E-state index in [9.17, 15) is 14.4 Å². The molecule has 1 unspecified atom stereocenters. The van der Waals surface area contributed by atoms with Gasteiger partial charge in [0.05, 0.1) is 17.2 Å². The third-order valence-corrected chi connectivity index (χ3v) is 3.66. The van der Waals surface area contributed by atoms with Crippen LogP contribution in [0.4, 0.5) is 0 Å². The highest BCUT2D eigenvalue weighted by Crippen LogP contribution is 2.26. The maximum absolute atomic E-state index is 12.6. The van der Waals surface area contributed by atoms with Crippen molar-refractivity contribution in [3.05, 3.63) is 71.3 Å². The minimum atomic E-state index is -1.04. The van der Waals surface area contributed by atoms with Crippen molar-refractivity contribution < 1.29 is 24.0 Å². The molecular formula is C19H17NO5. The number of hydrogen-bond donors (Lipinski definition) is 0. The molecule has 1 heterocycles. The maximum Gasteiger partial charge on any atom is 0.366 e. The number of rotatable bonds is 5. The molecule has 0 fully saturated rings. The second kappa shape index (κ2) is 6.86. The van der Waals surface area contributed by atoms with Crippen LogP contribution in [-0.4, -0.2) is 29.0 Å². The summed E-state index contributed by atoms with van der Waals surface area (Å²) in [6, 6.07) is 15.1. The van der Waals surface area contributed by atoms with Crippen LogP contribution in [0, 0.1) is 0 Å². The van der Waals surface area contributed by atoms with Crippen LogP contribution in [0.3, 0.4) is 0 Å². The molecule has 2 aromatic carbocycles. The highest BCUT2D eigenvalue weighted by atomic mass is 16.7. The number of ether oxygens (including phenoxy) is 1. The highest BCUT2D eigenvalue weighted by molar-refractivity contribution is 6.20. The SMILES string of the molecule is CC(C)OC(C(=O)ON1C(=O)c2ccccc2C1=O)c1ccccc1. The van der Waals surface area contributed by atoms with E-state index in [1.54, 1.807) is 50.2 Å². The molecule has 0 saturated heterocycles. The van der Waals surface area contributed by atoms with Gasteiger partial charge in [-0.1, -0.05) is 47.5 Å². The zero-order valence-electron chi connectivity index (χ0n) is 13.8. The summed E-state index contributed by atoms with van der Waals surface area (Å²) < 4.78 is 5.63. The standard InChI is InChI=1S/C19H17NO5/c1-12(2)24-16(13-8-4-3-5-9-13)19(23)25-20-17(21)14-10-6-7-11-15(14)18(20)22/h3-12,16H,1-2H3. The molecule has 6 nitrogen and oxygen atoms in total. The molecule has 1 aliphatic rings.